The van der Waals surface area contributed by atoms with E-state index in [2.05, 4.69) is 15.4 Å². The first kappa shape index (κ1) is 45.9. The second-order valence-corrected chi connectivity index (χ2v) is 20.0. The molecule has 15 nitrogen and oxygen atoms in total. The van der Waals surface area contributed by atoms with Crippen LogP contribution in [0.25, 0.3) is 10.1 Å². The van der Waals surface area contributed by atoms with Gasteiger partial charge < -0.3 is 19.5 Å². The fourth-order valence-electron chi connectivity index (χ4n) is 8.88. The number of nitrogens with zero attached hydrogens (tertiary/aromatic N) is 4. The summed E-state index contributed by atoms with van der Waals surface area (Å²) >= 11 is 1.13. The molecular weight excluding hydrogens is 889 g/mol. The van der Waals surface area contributed by atoms with Crippen LogP contribution < -0.4 is 19.8 Å². The third kappa shape index (κ3) is 9.02. The first-order valence-corrected chi connectivity index (χ1v) is 24.2. The van der Waals surface area contributed by atoms with Crippen molar-refractivity contribution in [1.29, 1.82) is 0 Å². The molecule has 2 unspecified atom stereocenters. The van der Waals surface area contributed by atoms with E-state index in [0.29, 0.717) is 42.2 Å². The minimum atomic E-state index is -4.49. The van der Waals surface area contributed by atoms with Crippen LogP contribution in [0, 0.1) is 5.92 Å². The number of thiophene rings is 1. The van der Waals surface area contributed by atoms with Crippen molar-refractivity contribution < 1.29 is 55.8 Å². The normalized spacial score (nSPS) is 22.3. The lowest BCUT2D eigenvalue weighted by atomic mass is 9.94. The molecule has 2 aromatic heterocycles. The molecule has 3 saturated heterocycles. The predicted molar refractivity (Wildman–Crippen MR) is 233 cm³/mol. The number of imide groups is 2. The molecule has 2 aromatic carbocycles. The highest BCUT2D eigenvalue weighted by atomic mass is 32.1. The summed E-state index contributed by atoms with van der Waals surface area (Å²) in [5.41, 5.74) is -2.14. The van der Waals surface area contributed by atoms with Gasteiger partial charge in [-0.2, -0.15) is 0 Å². The number of amides is 6. The Hall–Kier alpha value is -5.65. The first-order chi connectivity index (χ1) is 31.2. The van der Waals surface area contributed by atoms with Crippen LogP contribution in [0.5, 0.6) is 5.75 Å². The Morgan fingerprint density at radius 1 is 0.954 bits per heavy atom. The van der Waals surface area contributed by atoms with Gasteiger partial charge in [0.1, 0.15) is 23.4 Å². The molecule has 5 heterocycles. The van der Waals surface area contributed by atoms with Crippen LogP contribution >= 0.6 is 18.9 Å². The quantitative estimate of drug-likeness (QED) is 0.0665. The Kier molecular flexibility index (Phi) is 13.2. The number of esters is 1. The van der Waals surface area contributed by atoms with E-state index in [0.717, 1.165) is 46.0 Å². The highest BCUT2D eigenvalue weighted by molar-refractivity contribution is 7.57. The summed E-state index contributed by atoms with van der Waals surface area (Å²) in [6.45, 7) is 3.29. The molecule has 6 amide bonds. The first-order valence-electron chi connectivity index (χ1n) is 21.7. The minimum absolute atomic E-state index is 0.0224. The number of anilines is 1. The topological polar surface area (TPSA) is 185 Å². The third-order valence-electron chi connectivity index (χ3n) is 12.3. The lowest BCUT2D eigenvalue weighted by Gasteiger charge is -2.36. The van der Waals surface area contributed by atoms with E-state index in [-0.39, 0.29) is 66.2 Å². The summed E-state index contributed by atoms with van der Waals surface area (Å²) < 4.78 is 69.4. The Bertz CT molecular complexity index is 2560. The van der Waals surface area contributed by atoms with Crippen LogP contribution in [0.2, 0.25) is 0 Å². The van der Waals surface area contributed by atoms with Crippen LogP contribution in [-0.4, -0.2) is 87.2 Å². The van der Waals surface area contributed by atoms with Crippen molar-refractivity contribution in [3.8, 4) is 5.75 Å². The van der Waals surface area contributed by atoms with Gasteiger partial charge >= 0.3 is 19.5 Å². The summed E-state index contributed by atoms with van der Waals surface area (Å²) in [6, 6.07) is 11.5. The molecule has 0 radical (unpaired) electrons. The Morgan fingerprint density at radius 2 is 1.71 bits per heavy atom. The van der Waals surface area contributed by atoms with Gasteiger partial charge in [-0.3, -0.25) is 33.5 Å². The molecule has 1 saturated carbocycles. The number of pyridine rings is 1. The molecule has 4 fully saturated rings. The number of rotatable bonds is 15. The van der Waals surface area contributed by atoms with Crippen molar-refractivity contribution in [1.82, 2.24) is 25.2 Å². The molecule has 20 heteroatoms. The number of hydrogen-bond acceptors (Lipinski definition) is 11. The summed E-state index contributed by atoms with van der Waals surface area (Å²) in [5, 5.41) is 5.90. The van der Waals surface area contributed by atoms with Crippen LogP contribution in [-0.2, 0) is 28.5 Å². The molecular formula is C45H48F3N6O9PS. The molecule has 4 aromatic rings. The SMILES string of the molecule is CCCOC(=O)[C@H](C)NP(=O)(Oc1ccccc1)[C@@H](F)c1ccc2sc(C(=O)NCC3CCCC[C@H]4CC[C@@H](C(=O)N5C(=O)N(c6cncc(C(F)F)c6)C(=O)C56CC6)N4C3=O)cc2c1. The van der Waals surface area contributed by atoms with Crippen molar-refractivity contribution >= 4 is 70.3 Å². The van der Waals surface area contributed by atoms with Gasteiger partial charge in [0, 0.05) is 29.0 Å². The fraction of sp³-hybridized carbons (Fsp3) is 0.444. The number of carbonyl (C=O) groups is 6. The number of alkyl halides is 3. The van der Waals surface area contributed by atoms with E-state index in [1.807, 2.05) is 6.92 Å². The molecule has 1 spiro atoms. The van der Waals surface area contributed by atoms with Crippen LogP contribution in [0.3, 0.4) is 0 Å². The highest BCUT2D eigenvalue weighted by Gasteiger charge is 2.68. The van der Waals surface area contributed by atoms with Gasteiger partial charge in [-0.25, -0.2) is 32.9 Å². The largest absolute Gasteiger partial charge is 0.465 e. The molecule has 344 valence electrons. The number of halogens is 3. The summed E-state index contributed by atoms with van der Waals surface area (Å²) in [4.78, 5) is 89.9. The zero-order valence-electron chi connectivity index (χ0n) is 35.6. The number of carbonyl (C=O) groups excluding carboxylic acids is 6. The number of ether oxygens (including phenoxy) is 1. The molecule has 65 heavy (non-hydrogen) atoms. The van der Waals surface area contributed by atoms with Gasteiger partial charge in [0.15, 0.2) is 0 Å². The zero-order valence-corrected chi connectivity index (χ0v) is 37.3. The summed E-state index contributed by atoms with van der Waals surface area (Å²) in [7, 11) is -4.49. The predicted octanol–water partition coefficient (Wildman–Crippen LogP) is 8.21. The van der Waals surface area contributed by atoms with E-state index in [4.69, 9.17) is 9.26 Å². The minimum Gasteiger partial charge on any atom is -0.465 e. The van der Waals surface area contributed by atoms with Crippen LogP contribution in [0.15, 0.2) is 73.1 Å². The Morgan fingerprint density at radius 3 is 2.43 bits per heavy atom. The van der Waals surface area contributed by atoms with Crippen molar-refractivity contribution in [2.45, 2.75) is 108 Å². The van der Waals surface area contributed by atoms with Gasteiger partial charge in [0.05, 0.1) is 29.3 Å². The van der Waals surface area contributed by atoms with E-state index in [1.54, 1.807) is 30.3 Å². The summed E-state index contributed by atoms with van der Waals surface area (Å²) in [6.07, 6.45) is 3.34. The second-order valence-electron chi connectivity index (χ2n) is 16.9. The number of urea groups is 1. The van der Waals surface area contributed by atoms with Crippen molar-refractivity contribution in [2.75, 3.05) is 18.1 Å². The standard InChI is InChI=1S/C45H48F3N6O9PS/c1-3-19-62-42(58)26(2)51-64(61,63-33-11-5-4-6-12-33)38(48)27-13-16-35-29(20-27)22-36(65-35)39(55)50-24-28-9-7-8-10-31-14-15-34(52(31)40(28)56)41(57)54-44(60)53(43(59)45(54)17-18-45)32-21-30(37(46)47)23-49-25-32/h4-6,11-13,16,20-23,25-26,28,31,34,37-38H,3,7-10,14-15,17-19,24H2,1-2H3,(H,50,55)(H,51,61)/t26-,28?,31-,34-,38+,64?/m0/s1. The molecule has 8 rings (SSSR count). The number of aromatic nitrogens is 1. The van der Waals surface area contributed by atoms with Crippen molar-refractivity contribution in [2.24, 2.45) is 5.92 Å². The average molecular weight is 937 g/mol. The number of fused-ring (bicyclic) bond motifs is 2. The van der Waals surface area contributed by atoms with Gasteiger partial charge in [-0.15, -0.1) is 11.3 Å². The van der Waals surface area contributed by atoms with Crippen LogP contribution in [0.1, 0.15) is 105 Å². The lowest BCUT2D eigenvalue weighted by molar-refractivity contribution is -0.148. The van der Waals surface area contributed by atoms with E-state index < -0.39 is 78.7 Å². The van der Waals surface area contributed by atoms with Gasteiger partial charge in [-0.1, -0.05) is 44.0 Å². The molecule has 1 aliphatic carbocycles. The van der Waals surface area contributed by atoms with Crippen LogP contribution in [0.4, 0.5) is 23.7 Å². The van der Waals surface area contributed by atoms with Gasteiger partial charge in [-0.05, 0) is 99.2 Å². The maximum atomic E-state index is 16.5. The maximum Gasteiger partial charge on any atom is 0.355 e. The molecule has 2 N–H and O–H groups in total. The Balaban J connectivity index is 0.963. The number of para-hydroxylation sites is 1. The average Bonchev–Trinajstić information content (AvgIpc) is 3.69. The Labute approximate surface area is 376 Å². The van der Waals surface area contributed by atoms with Gasteiger partial charge in [0.2, 0.25) is 11.8 Å². The van der Waals surface area contributed by atoms with Crippen molar-refractivity contribution in [3.63, 3.8) is 0 Å². The smallest absolute Gasteiger partial charge is 0.355 e. The third-order valence-corrected chi connectivity index (χ3v) is 15.6. The van der Waals surface area contributed by atoms with E-state index in [1.165, 1.54) is 36.1 Å². The molecule has 0 bridgehead atoms. The number of benzene rings is 2. The second kappa shape index (κ2) is 18.7. The number of nitrogens with one attached hydrogen (secondary N) is 2. The van der Waals surface area contributed by atoms with E-state index in [9.17, 15) is 42.1 Å². The van der Waals surface area contributed by atoms with Crippen molar-refractivity contribution in [3.05, 3.63) is 89.1 Å². The van der Waals surface area contributed by atoms with E-state index >= 15 is 4.39 Å². The number of hydrogen-bond donors (Lipinski definition) is 2. The molecule has 3 aliphatic heterocycles. The maximum absolute atomic E-state index is 16.5. The highest BCUT2D eigenvalue weighted by Crippen LogP contribution is 2.58. The lowest BCUT2D eigenvalue weighted by Crippen LogP contribution is -2.56. The molecule has 4 aliphatic rings. The summed E-state index contributed by atoms with van der Waals surface area (Å²) in [5.74, 6) is -5.82. The fourth-order valence-corrected chi connectivity index (χ4v) is 11.8. The zero-order chi connectivity index (χ0) is 46.2. The molecule has 6 atom stereocenters. The monoisotopic (exact) mass is 936 g/mol. The van der Waals surface area contributed by atoms with Gasteiger partial charge in [0.25, 0.3) is 24.1 Å².